The fourth-order valence-electron chi connectivity index (χ4n) is 2.06. The summed E-state index contributed by atoms with van der Waals surface area (Å²) in [5.41, 5.74) is 7.61. The van der Waals surface area contributed by atoms with Crippen LogP contribution in [0.1, 0.15) is 16.1 Å². The molecule has 3 aromatic rings. The number of hydrogen-bond donors (Lipinski definition) is 2. The Labute approximate surface area is 119 Å². The SMILES string of the molecule is NCc1nnn(-c2cccc(C(=O)O)c2)c1-c1ccco1. The number of nitrogens with two attached hydrogens (primary N) is 1. The van der Waals surface area contributed by atoms with Crippen molar-refractivity contribution in [3.05, 3.63) is 53.9 Å². The molecule has 0 atom stereocenters. The highest BCUT2D eigenvalue weighted by Gasteiger charge is 2.18. The number of carboxylic acids is 1. The molecule has 21 heavy (non-hydrogen) atoms. The summed E-state index contributed by atoms with van der Waals surface area (Å²) in [7, 11) is 0. The molecule has 0 aliphatic rings. The number of nitrogens with zero attached hydrogens (tertiary/aromatic N) is 3. The Kier molecular flexibility index (Phi) is 3.25. The van der Waals surface area contributed by atoms with Crippen LogP contribution in [0.3, 0.4) is 0 Å². The van der Waals surface area contributed by atoms with Crippen LogP contribution >= 0.6 is 0 Å². The van der Waals surface area contributed by atoms with Gasteiger partial charge in [-0.1, -0.05) is 11.3 Å². The van der Waals surface area contributed by atoms with Crippen molar-refractivity contribution in [1.29, 1.82) is 0 Å². The summed E-state index contributed by atoms with van der Waals surface area (Å²) < 4.78 is 6.91. The highest BCUT2D eigenvalue weighted by atomic mass is 16.4. The van der Waals surface area contributed by atoms with Crippen LogP contribution in [-0.2, 0) is 6.54 Å². The molecule has 0 spiro atoms. The van der Waals surface area contributed by atoms with Crippen molar-refractivity contribution in [2.45, 2.75) is 6.54 Å². The number of aromatic carboxylic acids is 1. The lowest BCUT2D eigenvalue weighted by molar-refractivity contribution is 0.0697. The summed E-state index contributed by atoms with van der Waals surface area (Å²) in [5.74, 6) is -0.434. The standard InChI is InChI=1S/C14H12N4O3/c15-8-11-13(12-5-2-6-21-12)18(17-16-11)10-4-1-3-9(7-10)14(19)20/h1-7H,8,15H2,(H,19,20). The summed E-state index contributed by atoms with van der Waals surface area (Å²) >= 11 is 0. The highest BCUT2D eigenvalue weighted by Crippen LogP contribution is 2.25. The van der Waals surface area contributed by atoms with Gasteiger partial charge in [0.05, 0.1) is 17.5 Å². The van der Waals surface area contributed by atoms with E-state index in [9.17, 15) is 4.79 Å². The molecule has 0 saturated carbocycles. The van der Waals surface area contributed by atoms with Crippen molar-refractivity contribution in [3.8, 4) is 17.1 Å². The lowest BCUT2D eigenvalue weighted by atomic mass is 10.2. The van der Waals surface area contributed by atoms with Gasteiger partial charge in [-0.3, -0.25) is 0 Å². The number of hydrogen-bond acceptors (Lipinski definition) is 5. The van der Waals surface area contributed by atoms with Crippen LogP contribution in [-0.4, -0.2) is 26.1 Å². The predicted molar refractivity (Wildman–Crippen MR) is 73.9 cm³/mol. The molecule has 3 N–H and O–H groups in total. The molecule has 2 aromatic heterocycles. The van der Waals surface area contributed by atoms with E-state index >= 15 is 0 Å². The van der Waals surface area contributed by atoms with Crippen molar-refractivity contribution in [3.63, 3.8) is 0 Å². The van der Waals surface area contributed by atoms with Crippen LogP contribution < -0.4 is 5.73 Å². The Hall–Kier alpha value is -2.93. The summed E-state index contributed by atoms with van der Waals surface area (Å²) in [5, 5.41) is 17.1. The van der Waals surface area contributed by atoms with Crippen molar-refractivity contribution in [1.82, 2.24) is 15.0 Å². The van der Waals surface area contributed by atoms with Gasteiger partial charge in [0.2, 0.25) is 0 Å². The fourth-order valence-corrected chi connectivity index (χ4v) is 2.06. The minimum atomic E-state index is -1.00. The molecule has 0 bridgehead atoms. The average molecular weight is 284 g/mol. The molecule has 0 amide bonds. The predicted octanol–water partition coefficient (Wildman–Crippen LogP) is 1.68. The molecule has 7 heteroatoms. The summed E-state index contributed by atoms with van der Waals surface area (Å²) in [6, 6.07) is 9.95. The Bertz CT molecular complexity index is 777. The monoisotopic (exact) mass is 284 g/mol. The van der Waals surface area contributed by atoms with Crippen LogP contribution in [0.25, 0.3) is 17.1 Å². The fraction of sp³-hybridized carbons (Fsp3) is 0.0714. The third kappa shape index (κ3) is 2.30. The Morgan fingerprint density at radius 2 is 2.19 bits per heavy atom. The maximum absolute atomic E-state index is 11.1. The second-order valence-corrected chi connectivity index (χ2v) is 4.33. The van der Waals surface area contributed by atoms with Crippen LogP contribution in [0, 0.1) is 0 Å². The average Bonchev–Trinajstić information content (AvgIpc) is 3.15. The van der Waals surface area contributed by atoms with Gasteiger partial charge in [-0.2, -0.15) is 0 Å². The van der Waals surface area contributed by atoms with Crippen molar-refractivity contribution < 1.29 is 14.3 Å². The molecule has 0 radical (unpaired) electrons. The summed E-state index contributed by atoms with van der Waals surface area (Å²) in [4.78, 5) is 11.1. The number of rotatable bonds is 4. The van der Waals surface area contributed by atoms with Crippen LogP contribution in [0.5, 0.6) is 0 Å². The molecule has 1 aromatic carbocycles. The van der Waals surface area contributed by atoms with E-state index in [2.05, 4.69) is 10.3 Å². The molecular formula is C14H12N4O3. The maximum atomic E-state index is 11.1. The zero-order chi connectivity index (χ0) is 14.8. The maximum Gasteiger partial charge on any atom is 0.335 e. The van der Waals surface area contributed by atoms with Crippen molar-refractivity contribution in [2.24, 2.45) is 5.73 Å². The molecule has 2 heterocycles. The quantitative estimate of drug-likeness (QED) is 0.754. The Morgan fingerprint density at radius 1 is 1.33 bits per heavy atom. The molecule has 0 unspecified atom stereocenters. The normalized spacial score (nSPS) is 10.7. The zero-order valence-electron chi connectivity index (χ0n) is 10.9. The van der Waals surface area contributed by atoms with Crippen LogP contribution in [0.4, 0.5) is 0 Å². The van der Waals surface area contributed by atoms with E-state index in [1.165, 1.54) is 16.8 Å². The lowest BCUT2D eigenvalue weighted by Crippen LogP contribution is -2.04. The smallest absolute Gasteiger partial charge is 0.335 e. The first-order valence-corrected chi connectivity index (χ1v) is 6.23. The molecular weight excluding hydrogens is 272 g/mol. The van der Waals surface area contributed by atoms with E-state index in [1.54, 1.807) is 30.5 Å². The summed E-state index contributed by atoms with van der Waals surface area (Å²) in [6.45, 7) is 0.203. The van der Waals surface area contributed by atoms with E-state index in [4.69, 9.17) is 15.3 Å². The minimum absolute atomic E-state index is 0.169. The molecule has 7 nitrogen and oxygen atoms in total. The van der Waals surface area contributed by atoms with Gasteiger partial charge < -0.3 is 15.3 Å². The number of carboxylic acid groups (broad SMARTS) is 1. The van der Waals surface area contributed by atoms with Gasteiger partial charge in [0, 0.05) is 6.54 Å². The molecule has 0 saturated heterocycles. The zero-order valence-corrected chi connectivity index (χ0v) is 10.9. The number of carbonyl (C=O) groups is 1. The number of aromatic nitrogens is 3. The van der Waals surface area contributed by atoms with E-state index in [0.29, 0.717) is 22.8 Å². The van der Waals surface area contributed by atoms with Gasteiger partial charge >= 0.3 is 5.97 Å². The van der Waals surface area contributed by atoms with Gasteiger partial charge in [-0.15, -0.1) is 5.10 Å². The first kappa shape index (κ1) is 13.1. The minimum Gasteiger partial charge on any atom is -0.478 e. The first-order chi connectivity index (χ1) is 10.2. The lowest BCUT2D eigenvalue weighted by Gasteiger charge is -2.06. The van der Waals surface area contributed by atoms with E-state index in [1.807, 2.05) is 0 Å². The van der Waals surface area contributed by atoms with Crippen LogP contribution in [0.2, 0.25) is 0 Å². The topological polar surface area (TPSA) is 107 Å². The van der Waals surface area contributed by atoms with E-state index < -0.39 is 5.97 Å². The molecule has 0 aliphatic heterocycles. The van der Waals surface area contributed by atoms with Gasteiger partial charge in [0.1, 0.15) is 11.4 Å². The molecule has 0 aliphatic carbocycles. The molecule has 3 rings (SSSR count). The molecule has 106 valence electrons. The largest absolute Gasteiger partial charge is 0.478 e. The van der Waals surface area contributed by atoms with Gasteiger partial charge in [0.25, 0.3) is 0 Å². The van der Waals surface area contributed by atoms with Gasteiger partial charge in [0.15, 0.2) is 5.76 Å². The third-order valence-corrected chi connectivity index (χ3v) is 3.03. The highest BCUT2D eigenvalue weighted by molar-refractivity contribution is 5.88. The second-order valence-electron chi connectivity index (χ2n) is 4.33. The summed E-state index contributed by atoms with van der Waals surface area (Å²) in [6.07, 6.45) is 1.54. The van der Waals surface area contributed by atoms with Gasteiger partial charge in [-0.05, 0) is 30.3 Å². The van der Waals surface area contributed by atoms with Gasteiger partial charge in [-0.25, -0.2) is 9.48 Å². The first-order valence-electron chi connectivity index (χ1n) is 6.23. The van der Waals surface area contributed by atoms with E-state index in [0.717, 1.165) is 0 Å². The Morgan fingerprint density at radius 3 is 2.86 bits per heavy atom. The number of benzene rings is 1. The van der Waals surface area contributed by atoms with Crippen molar-refractivity contribution in [2.75, 3.05) is 0 Å². The second kappa shape index (κ2) is 5.22. The Balaban J connectivity index is 2.17. The third-order valence-electron chi connectivity index (χ3n) is 3.03. The van der Waals surface area contributed by atoms with E-state index in [-0.39, 0.29) is 12.1 Å². The van der Waals surface area contributed by atoms with Crippen LogP contribution in [0.15, 0.2) is 47.1 Å². The van der Waals surface area contributed by atoms with Crippen molar-refractivity contribution >= 4 is 5.97 Å². The number of furan rings is 1. The molecule has 0 fully saturated rings.